The number of benzene rings is 1. The topological polar surface area (TPSA) is 72.5 Å². The van der Waals surface area contributed by atoms with E-state index < -0.39 is 12.0 Å². The van der Waals surface area contributed by atoms with Gasteiger partial charge >= 0.3 is 5.97 Å². The van der Waals surface area contributed by atoms with Crippen molar-refractivity contribution >= 4 is 5.97 Å². The van der Waals surface area contributed by atoms with E-state index in [4.69, 9.17) is 15.6 Å². The highest BCUT2D eigenvalue weighted by Gasteiger charge is 2.16. The Balaban J connectivity index is 2.55. The second-order valence-corrected chi connectivity index (χ2v) is 5.43. The van der Waals surface area contributed by atoms with Crippen LogP contribution >= 0.6 is 0 Å². The summed E-state index contributed by atoms with van der Waals surface area (Å²) in [6, 6.07) is 7.10. The SMILES string of the molecule is COC(C)(C)CCc1ccc(CC(N)C(=O)O)cc1. The Hall–Kier alpha value is -1.39. The van der Waals surface area contributed by atoms with E-state index in [-0.39, 0.29) is 5.60 Å². The van der Waals surface area contributed by atoms with Gasteiger partial charge in [0, 0.05) is 7.11 Å². The average Bonchev–Trinajstić information content (AvgIpc) is 2.38. The molecule has 3 N–H and O–H groups in total. The first-order valence-corrected chi connectivity index (χ1v) is 6.45. The number of aryl methyl sites for hydroxylation is 1. The Morgan fingerprint density at radius 2 is 1.84 bits per heavy atom. The van der Waals surface area contributed by atoms with Crippen LogP contribution in [0.4, 0.5) is 0 Å². The second kappa shape index (κ2) is 6.68. The summed E-state index contributed by atoms with van der Waals surface area (Å²) in [4.78, 5) is 10.7. The lowest BCUT2D eigenvalue weighted by molar-refractivity contribution is -0.138. The minimum Gasteiger partial charge on any atom is -0.480 e. The zero-order valence-corrected chi connectivity index (χ0v) is 11.8. The third kappa shape index (κ3) is 5.41. The molecule has 4 heteroatoms. The van der Waals surface area contributed by atoms with Gasteiger partial charge in [0.25, 0.3) is 0 Å². The third-order valence-corrected chi connectivity index (χ3v) is 3.36. The van der Waals surface area contributed by atoms with Crippen LogP contribution in [0, 0.1) is 0 Å². The lowest BCUT2D eigenvalue weighted by atomic mass is 9.97. The van der Waals surface area contributed by atoms with Crippen LogP contribution in [0.1, 0.15) is 31.4 Å². The number of carbonyl (C=O) groups is 1. The molecular formula is C15H23NO3. The summed E-state index contributed by atoms with van der Waals surface area (Å²) in [7, 11) is 1.72. The van der Waals surface area contributed by atoms with E-state index in [9.17, 15) is 4.79 Å². The van der Waals surface area contributed by atoms with Gasteiger partial charge in [0.2, 0.25) is 0 Å². The van der Waals surface area contributed by atoms with Gasteiger partial charge in [0.15, 0.2) is 0 Å². The predicted octanol–water partition coefficient (Wildman–Crippen LogP) is 2.00. The molecule has 0 saturated carbocycles. The first kappa shape index (κ1) is 15.7. The summed E-state index contributed by atoms with van der Waals surface area (Å²) in [6.45, 7) is 4.13. The van der Waals surface area contributed by atoms with Crippen molar-refractivity contribution in [2.75, 3.05) is 7.11 Å². The first-order valence-electron chi connectivity index (χ1n) is 6.45. The standard InChI is InChI=1S/C15H23NO3/c1-15(2,19-3)9-8-11-4-6-12(7-5-11)10-13(16)14(17)18/h4-7,13H,8-10,16H2,1-3H3,(H,17,18). The van der Waals surface area contributed by atoms with Crippen molar-refractivity contribution in [2.45, 2.75) is 44.8 Å². The van der Waals surface area contributed by atoms with Crippen LogP contribution < -0.4 is 5.73 Å². The van der Waals surface area contributed by atoms with Crippen molar-refractivity contribution < 1.29 is 14.6 Å². The molecule has 1 aromatic rings. The number of methoxy groups -OCH3 is 1. The molecule has 0 aliphatic rings. The number of carboxylic acids is 1. The zero-order chi connectivity index (χ0) is 14.5. The van der Waals surface area contributed by atoms with Crippen LogP contribution in [0.15, 0.2) is 24.3 Å². The summed E-state index contributed by atoms with van der Waals surface area (Å²) < 4.78 is 5.38. The molecule has 1 rings (SSSR count). The summed E-state index contributed by atoms with van der Waals surface area (Å²) in [5.41, 5.74) is 7.55. The molecule has 0 radical (unpaired) electrons. The van der Waals surface area contributed by atoms with Gasteiger partial charge < -0.3 is 15.6 Å². The minimum atomic E-state index is -0.967. The molecule has 1 aromatic carbocycles. The van der Waals surface area contributed by atoms with Gasteiger partial charge in [-0.1, -0.05) is 24.3 Å². The Morgan fingerprint density at radius 3 is 2.32 bits per heavy atom. The lowest BCUT2D eigenvalue weighted by Gasteiger charge is -2.22. The highest BCUT2D eigenvalue weighted by Crippen LogP contribution is 2.17. The molecule has 0 saturated heterocycles. The molecule has 1 atom stereocenters. The van der Waals surface area contributed by atoms with Crippen molar-refractivity contribution in [3.8, 4) is 0 Å². The Bertz CT molecular complexity index is 412. The molecule has 1 unspecified atom stereocenters. The van der Waals surface area contributed by atoms with Crippen LogP contribution in [0.2, 0.25) is 0 Å². The normalized spacial score (nSPS) is 13.3. The molecule has 0 amide bonds. The summed E-state index contributed by atoms with van der Waals surface area (Å²) in [6.07, 6.45) is 2.24. The minimum absolute atomic E-state index is 0.121. The lowest BCUT2D eigenvalue weighted by Crippen LogP contribution is -2.32. The zero-order valence-electron chi connectivity index (χ0n) is 11.8. The highest BCUT2D eigenvalue weighted by atomic mass is 16.5. The molecule has 4 nitrogen and oxygen atoms in total. The van der Waals surface area contributed by atoms with Crippen molar-refractivity contribution in [1.29, 1.82) is 0 Å². The molecule has 0 heterocycles. The maximum absolute atomic E-state index is 10.7. The van der Waals surface area contributed by atoms with Gasteiger partial charge in [-0.3, -0.25) is 4.79 Å². The third-order valence-electron chi connectivity index (χ3n) is 3.36. The Labute approximate surface area is 114 Å². The van der Waals surface area contributed by atoms with Crippen molar-refractivity contribution in [3.63, 3.8) is 0 Å². The molecule has 0 aliphatic heterocycles. The Kier molecular flexibility index (Phi) is 5.51. The number of rotatable bonds is 7. The highest BCUT2D eigenvalue weighted by molar-refractivity contribution is 5.73. The van der Waals surface area contributed by atoms with E-state index in [1.54, 1.807) is 7.11 Å². The van der Waals surface area contributed by atoms with E-state index in [0.29, 0.717) is 6.42 Å². The number of hydrogen-bond donors (Lipinski definition) is 2. The maximum Gasteiger partial charge on any atom is 0.320 e. The van der Waals surface area contributed by atoms with Crippen molar-refractivity contribution in [3.05, 3.63) is 35.4 Å². The van der Waals surface area contributed by atoms with Gasteiger partial charge in [-0.05, 0) is 44.2 Å². The van der Waals surface area contributed by atoms with Gasteiger partial charge in [0.05, 0.1) is 5.60 Å². The molecule has 0 aromatic heterocycles. The Morgan fingerprint density at radius 1 is 1.32 bits per heavy atom. The fourth-order valence-electron chi connectivity index (χ4n) is 1.73. The summed E-state index contributed by atoms with van der Waals surface area (Å²) in [5, 5.41) is 8.76. The van der Waals surface area contributed by atoms with Crippen LogP contribution in [-0.2, 0) is 22.4 Å². The predicted molar refractivity (Wildman–Crippen MR) is 75.2 cm³/mol. The molecule has 0 bridgehead atoms. The molecule has 0 aliphatic carbocycles. The van der Waals surface area contributed by atoms with Crippen LogP contribution in [0.25, 0.3) is 0 Å². The van der Waals surface area contributed by atoms with Gasteiger partial charge in [-0.2, -0.15) is 0 Å². The molecule has 0 spiro atoms. The quantitative estimate of drug-likeness (QED) is 0.791. The van der Waals surface area contributed by atoms with E-state index in [0.717, 1.165) is 18.4 Å². The first-order chi connectivity index (χ1) is 8.84. The largest absolute Gasteiger partial charge is 0.480 e. The van der Waals surface area contributed by atoms with Crippen LogP contribution in [0.5, 0.6) is 0 Å². The van der Waals surface area contributed by atoms with Crippen LogP contribution in [0.3, 0.4) is 0 Å². The van der Waals surface area contributed by atoms with E-state index in [1.807, 2.05) is 24.3 Å². The second-order valence-electron chi connectivity index (χ2n) is 5.43. The molecule has 0 fully saturated rings. The average molecular weight is 265 g/mol. The molecule has 19 heavy (non-hydrogen) atoms. The van der Waals surface area contributed by atoms with E-state index in [2.05, 4.69) is 13.8 Å². The van der Waals surface area contributed by atoms with E-state index in [1.165, 1.54) is 5.56 Å². The number of hydrogen-bond acceptors (Lipinski definition) is 3. The molecule has 106 valence electrons. The monoisotopic (exact) mass is 265 g/mol. The number of nitrogens with two attached hydrogens (primary N) is 1. The van der Waals surface area contributed by atoms with Gasteiger partial charge in [-0.25, -0.2) is 0 Å². The van der Waals surface area contributed by atoms with E-state index >= 15 is 0 Å². The molecular weight excluding hydrogens is 242 g/mol. The summed E-state index contributed by atoms with van der Waals surface area (Å²) in [5.74, 6) is -0.967. The number of carboxylic acid groups (broad SMARTS) is 1. The van der Waals surface area contributed by atoms with Gasteiger partial charge in [0.1, 0.15) is 6.04 Å². The fraction of sp³-hybridized carbons (Fsp3) is 0.533. The fourth-order valence-corrected chi connectivity index (χ4v) is 1.73. The van der Waals surface area contributed by atoms with Crippen LogP contribution in [-0.4, -0.2) is 29.8 Å². The summed E-state index contributed by atoms with van der Waals surface area (Å²) >= 11 is 0. The van der Waals surface area contributed by atoms with Crippen molar-refractivity contribution in [2.24, 2.45) is 5.73 Å². The number of aliphatic carboxylic acids is 1. The number of ether oxygens (including phenoxy) is 1. The smallest absolute Gasteiger partial charge is 0.320 e. The van der Waals surface area contributed by atoms with Gasteiger partial charge in [-0.15, -0.1) is 0 Å². The van der Waals surface area contributed by atoms with Crippen molar-refractivity contribution in [1.82, 2.24) is 0 Å². The maximum atomic E-state index is 10.7.